The number of methoxy groups -OCH3 is 1. The molecule has 0 aliphatic carbocycles. The van der Waals surface area contributed by atoms with Gasteiger partial charge in [-0.2, -0.15) is 14.9 Å². The van der Waals surface area contributed by atoms with Crippen molar-refractivity contribution in [2.45, 2.75) is 13.5 Å². The van der Waals surface area contributed by atoms with Crippen molar-refractivity contribution in [3.63, 3.8) is 0 Å². The quantitative estimate of drug-likeness (QED) is 0.292. The van der Waals surface area contributed by atoms with Crippen LogP contribution in [0.4, 0.5) is 0 Å². The zero-order valence-corrected chi connectivity index (χ0v) is 18.1. The summed E-state index contributed by atoms with van der Waals surface area (Å²) in [5.74, 6) is 1.38. The Hall–Kier alpha value is -3.71. The van der Waals surface area contributed by atoms with Gasteiger partial charge < -0.3 is 9.30 Å². The summed E-state index contributed by atoms with van der Waals surface area (Å²) in [5.41, 5.74) is 4.32. The number of fused-ring (bicyclic) bond motifs is 3. The van der Waals surface area contributed by atoms with Crippen LogP contribution in [0.3, 0.4) is 0 Å². The zero-order chi connectivity index (χ0) is 21.4. The van der Waals surface area contributed by atoms with Crippen molar-refractivity contribution in [1.82, 2.24) is 19.4 Å². The Morgan fingerprint density at radius 2 is 1.87 bits per heavy atom. The lowest BCUT2D eigenvalue weighted by Gasteiger charge is -2.04. The van der Waals surface area contributed by atoms with Crippen molar-refractivity contribution in [3.8, 4) is 17.1 Å². The van der Waals surface area contributed by atoms with E-state index in [0.717, 1.165) is 23.4 Å². The number of nitrogens with one attached hydrogen (secondary N) is 1. The van der Waals surface area contributed by atoms with Gasteiger partial charge in [0.1, 0.15) is 5.75 Å². The van der Waals surface area contributed by atoms with Crippen molar-refractivity contribution < 1.29 is 4.74 Å². The minimum Gasteiger partial charge on any atom is -0.497 e. The van der Waals surface area contributed by atoms with E-state index in [2.05, 4.69) is 69.3 Å². The van der Waals surface area contributed by atoms with Gasteiger partial charge in [-0.3, -0.25) is 0 Å². The SMILES string of the molecule is CCn1c2ccccc2c2cc(C=Nn3c(-c4cccc(OC)c4)n[nH]c3=S)ccc21. The molecule has 0 fully saturated rings. The lowest BCUT2D eigenvalue weighted by molar-refractivity contribution is 0.415. The van der Waals surface area contributed by atoms with Crippen LogP contribution < -0.4 is 4.74 Å². The number of hydrogen-bond acceptors (Lipinski definition) is 4. The molecule has 2 aromatic heterocycles. The fourth-order valence-electron chi connectivity index (χ4n) is 3.96. The third kappa shape index (κ3) is 3.33. The van der Waals surface area contributed by atoms with Crippen molar-refractivity contribution in [3.05, 3.63) is 77.1 Å². The van der Waals surface area contributed by atoms with Crippen molar-refractivity contribution >= 4 is 40.2 Å². The maximum absolute atomic E-state index is 5.41. The van der Waals surface area contributed by atoms with Crippen LogP contribution in [0.25, 0.3) is 33.2 Å². The number of benzene rings is 3. The van der Waals surface area contributed by atoms with E-state index in [1.807, 2.05) is 30.5 Å². The Balaban J connectivity index is 1.58. The van der Waals surface area contributed by atoms with Gasteiger partial charge in [0.25, 0.3) is 0 Å². The highest BCUT2D eigenvalue weighted by atomic mass is 32.1. The van der Waals surface area contributed by atoms with E-state index < -0.39 is 0 Å². The van der Waals surface area contributed by atoms with Gasteiger partial charge in [0.05, 0.1) is 13.3 Å². The Labute approximate surface area is 184 Å². The number of aryl methyl sites for hydroxylation is 1. The van der Waals surface area contributed by atoms with Gasteiger partial charge in [-0.05, 0) is 55.0 Å². The molecule has 0 amide bonds. The fourth-order valence-corrected chi connectivity index (χ4v) is 4.14. The first-order chi connectivity index (χ1) is 15.2. The van der Waals surface area contributed by atoms with Crippen LogP contribution in [0.15, 0.2) is 71.8 Å². The summed E-state index contributed by atoms with van der Waals surface area (Å²) in [7, 11) is 1.64. The Kier molecular flexibility index (Phi) is 4.88. The smallest absolute Gasteiger partial charge is 0.216 e. The first-order valence-corrected chi connectivity index (χ1v) is 10.5. The van der Waals surface area contributed by atoms with Gasteiger partial charge in [-0.15, -0.1) is 0 Å². The average Bonchev–Trinajstić information content (AvgIpc) is 3.34. The summed E-state index contributed by atoms with van der Waals surface area (Å²) in [4.78, 5) is 0. The molecule has 5 rings (SSSR count). The minimum atomic E-state index is 0.428. The van der Waals surface area contributed by atoms with Gasteiger partial charge in [0.15, 0.2) is 5.82 Å². The molecule has 0 atom stereocenters. The molecule has 0 aliphatic heterocycles. The third-order valence-corrected chi connectivity index (χ3v) is 5.68. The van der Waals surface area contributed by atoms with E-state index in [1.165, 1.54) is 21.8 Å². The second-order valence-electron chi connectivity index (χ2n) is 7.18. The Bertz CT molecular complexity index is 1490. The highest BCUT2D eigenvalue weighted by Gasteiger charge is 2.11. The van der Waals surface area contributed by atoms with E-state index in [1.54, 1.807) is 11.8 Å². The van der Waals surface area contributed by atoms with Crippen molar-refractivity contribution in [2.24, 2.45) is 5.10 Å². The fraction of sp³-hybridized carbons (Fsp3) is 0.125. The molecule has 0 saturated carbocycles. The van der Waals surface area contributed by atoms with Crippen molar-refractivity contribution in [1.29, 1.82) is 0 Å². The van der Waals surface area contributed by atoms with Crippen LogP contribution >= 0.6 is 12.2 Å². The van der Waals surface area contributed by atoms with Gasteiger partial charge in [0.2, 0.25) is 4.77 Å². The number of para-hydroxylation sites is 1. The van der Waals surface area contributed by atoms with Gasteiger partial charge in [0, 0.05) is 33.9 Å². The molecule has 0 unspecified atom stereocenters. The van der Waals surface area contributed by atoms with Crippen LogP contribution in [0.2, 0.25) is 0 Å². The maximum Gasteiger partial charge on any atom is 0.216 e. The lowest BCUT2D eigenvalue weighted by atomic mass is 10.1. The molecule has 1 N–H and O–H groups in total. The van der Waals surface area contributed by atoms with Crippen LogP contribution in [0.1, 0.15) is 12.5 Å². The summed E-state index contributed by atoms with van der Waals surface area (Å²) >= 11 is 5.41. The number of hydrogen-bond donors (Lipinski definition) is 1. The topological polar surface area (TPSA) is 60.1 Å². The molecular formula is C24H21N5OS. The highest BCUT2D eigenvalue weighted by molar-refractivity contribution is 7.71. The van der Waals surface area contributed by atoms with Crippen LogP contribution in [-0.2, 0) is 6.54 Å². The highest BCUT2D eigenvalue weighted by Crippen LogP contribution is 2.29. The average molecular weight is 428 g/mol. The number of nitrogens with zero attached hydrogens (tertiary/aromatic N) is 4. The molecule has 5 aromatic rings. The van der Waals surface area contributed by atoms with E-state index in [0.29, 0.717) is 10.6 Å². The summed E-state index contributed by atoms with van der Waals surface area (Å²) in [6, 6.07) is 22.5. The summed E-state index contributed by atoms with van der Waals surface area (Å²) in [6.45, 7) is 3.09. The molecule has 0 radical (unpaired) electrons. The number of H-pyrrole nitrogens is 1. The molecule has 7 heteroatoms. The monoisotopic (exact) mass is 427 g/mol. The molecule has 154 valence electrons. The third-order valence-electron chi connectivity index (χ3n) is 5.41. The number of rotatable bonds is 5. The summed E-state index contributed by atoms with van der Waals surface area (Å²) in [5, 5.41) is 14.3. The number of aromatic nitrogens is 4. The number of ether oxygens (including phenoxy) is 1. The normalized spacial score (nSPS) is 11.7. The molecule has 0 spiro atoms. The molecule has 0 saturated heterocycles. The van der Waals surface area contributed by atoms with E-state index in [4.69, 9.17) is 17.0 Å². The van der Waals surface area contributed by atoms with E-state index in [-0.39, 0.29) is 0 Å². The number of aromatic amines is 1. The van der Waals surface area contributed by atoms with Gasteiger partial charge in [-0.1, -0.05) is 36.4 Å². The maximum atomic E-state index is 5.41. The van der Waals surface area contributed by atoms with E-state index >= 15 is 0 Å². The first-order valence-electron chi connectivity index (χ1n) is 10.1. The van der Waals surface area contributed by atoms with Gasteiger partial charge in [-0.25, -0.2) is 5.10 Å². The van der Waals surface area contributed by atoms with Crippen LogP contribution in [0, 0.1) is 4.77 Å². The molecule has 0 aliphatic rings. The molecule has 6 nitrogen and oxygen atoms in total. The lowest BCUT2D eigenvalue weighted by Crippen LogP contribution is -1.96. The second kappa shape index (κ2) is 7.85. The van der Waals surface area contributed by atoms with Crippen LogP contribution in [-0.4, -0.2) is 32.8 Å². The molecule has 0 bridgehead atoms. The van der Waals surface area contributed by atoms with Crippen molar-refractivity contribution in [2.75, 3.05) is 7.11 Å². The second-order valence-corrected chi connectivity index (χ2v) is 7.57. The molecule has 3 aromatic carbocycles. The zero-order valence-electron chi connectivity index (χ0n) is 17.2. The predicted molar refractivity (Wildman–Crippen MR) is 128 cm³/mol. The first kappa shape index (κ1) is 19.3. The standard InChI is InChI=1S/C24H21N5OS/c1-3-28-21-10-5-4-9-19(21)20-13-16(11-12-22(20)28)15-25-29-23(26-27-24(29)31)17-7-6-8-18(14-17)30-2/h4-15H,3H2,1-2H3,(H,27,31). The molecular weight excluding hydrogens is 406 g/mol. The Morgan fingerprint density at radius 1 is 1.03 bits per heavy atom. The van der Waals surface area contributed by atoms with Crippen LogP contribution in [0.5, 0.6) is 5.75 Å². The molecule has 31 heavy (non-hydrogen) atoms. The van der Waals surface area contributed by atoms with Gasteiger partial charge >= 0.3 is 0 Å². The summed E-state index contributed by atoms with van der Waals surface area (Å²) in [6.07, 6.45) is 1.81. The predicted octanol–water partition coefficient (Wildman–Crippen LogP) is 5.63. The minimum absolute atomic E-state index is 0.428. The largest absolute Gasteiger partial charge is 0.497 e. The summed E-state index contributed by atoms with van der Waals surface area (Å²) < 4.78 is 9.71. The Morgan fingerprint density at radius 3 is 2.71 bits per heavy atom. The molecule has 2 heterocycles. The van der Waals surface area contributed by atoms with E-state index in [9.17, 15) is 0 Å².